The number of aliphatic carboxylic acids is 1. The van der Waals surface area contributed by atoms with Crippen molar-refractivity contribution in [3.63, 3.8) is 0 Å². The van der Waals surface area contributed by atoms with Gasteiger partial charge in [0.2, 0.25) is 0 Å². The van der Waals surface area contributed by atoms with Crippen LogP contribution in [0.25, 0.3) is 0 Å². The molecule has 0 spiro atoms. The Morgan fingerprint density at radius 3 is 2.38 bits per heavy atom. The molecule has 1 heterocycles. The van der Waals surface area contributed by atoms with Gasteiger partial charge in [-0.2, -0.15) is 0 Å². The number of ether oxygens (including phenoxy) is 1. The molecule has 0 bridgehead atoms. The van der Waals surface area contributed by atoms with Crippen molar-refractivity contribution < 1.29 is 19.4 Å². The Morgan fingerprint density at radius 2 is 1.79 bits per heavy atom. The fraction of sp³-hybridized carbons (Fsp3) is 0.364. The SMILES string of the molecule is CCOc1ccc(C(=O)C[C@H](C(=O)O)N2CCN(c3cccc(Cl)c3)CC2)cc1. The van der Waals surface area contributed by atoms with E-state index >= 15 is 0 Å². The lowest BCUT2D eigenvalue weighted by Gasteiger charge is -2.38. The van der Waals surface area contributed by atoms with E-state index in [2.05, 4.69) is 4.90 Å². The van der Waals surface area contributed by atoms with E-state index in [9.17, 15) is 14.7 Å². The molecule has 0 aromatic heterocycles. The quantitative estimate of drug-likeness (QED) is 0.663. The van der Waals surface area contributed by atoms with Crippen LogP contribution in [0, 0.1) is 0 Å². The topological polar surface area (TPSA) is 70.1 Å². The van der Waals surface area contributed by atoms with Gasteiger partial charge in [0.15, 0.2) is 5.78 Å². The van der Waals surface area contributed by atoms with E-state index in [1.807, 2.05) is 36.1 Å². The van der Waals surface area contributed by atoms with Crippen LogP contribution in [0.5, 0.6) is 5.75 Å². The van der Waals surface area contributed by atoms with Crippen LogP contribution in [-0.4, -0.2) is 60.6 Å². The van der Waals surface area contributed by atoms with Crippen molar-refractivity contribution in [3.05, 3.63) is 59.1 Å². The second kappa shape index (κ2) is 9.76. The van der Waals surface area contributed by atoms with E-state index in [-0.39, 0.29) is 12.2 Å². The Labute approximate surface area is 175 Å². The van der Waals surface area contributed by atoms with E-state index in [0.717, 1.165) is 5.69 Å². The lowest BCUT2D eigenvalue weighted by Crippen LogP contribution is -2.53. The average Bonchev–Trinajstić information content (AvgIpc) is 2.72. The summed E-state index contributed by atoms with van der Waals surface area (Å²) < 4.78 is 5.38. The largest absolute Gasteiger partial charge is 0.494 e. The Bertz CT molecular complexity index is 848. The first kappa shape index (κ1) is 21.1. The highest BCUT2D eigenvalue weighted by Gasteiger charge is 2.31. The van der Waals surface area contributed by atoms with Gasteiger partial charge >= 0.3 is 5.97 Å². The molecule has 7 heteroatoms. The van der Waals surface area contributed by atoms with Crippen LogP contribution < -0.4 is 9.64 Å². The number of hydrogen-bond acceptors (Lipinski definition) is 5. The van der Waals surface area contributed by atoms with Crippen molar-refractivity contribution in [2.24, 2.45) is 0 Å². The fourth-order valence-corrected chi connectivity index (χ4v) is 3.72. The molecule has 6 nitrogen and oxygen atoms in total. The van der Waals surface area contributed by atoms with E-state index in [4.69, 9.17) is 16.3 Å². The third kappa shape index (κ3) is 5.49. The highest BCUT2D eigenvalue weighted by molar-refractivity contribution is 6.30. The number of anilines is 1. The van der Waals surface area contributed by atoms with Crippen molar-refractivity contribution >= 4 is 29.0 Å². The Balaban J connectivity index is 1.61. The number of piperazine rings is 1. The van der Waals surface area contributed by atoms with Gasteiger partial charge in [-0.15, -0.1) is 0 Å². The summed E-state index contributed by atoms with van der Waals surface area (Å²) in [6.07, 6.45) is -0.0551. The molecule has 154 valence electrons. The number of ketones is 1. The molecule has 1 saturated heterocycles. The van der Waals surface area contributed by atoms with E-state index in [1.54, 1.807) is 24.3 Å². The summed E-state index contributed by atoms with van der Waals surface area (Å²) in [6, 6.07) is 13.6. The zero-order valence-corrected chi connectivity index (χ0v) is 17.1. The van der Waals surface area contributed by atoms with Gasteiger partial charge in [0.1, 0.15) is 11.8 Å². The molecule has 1 atom stereocenters. The summed E-state index contributed by atoms with van der Waals surface area (Å²) in [6.45, 7) is 4.95. The van der Waals surface area contributed by atoms with E-state index < -0.39 is 12.0 Å². The summed E-state index contributed by atoms with van der Waals surface area (Å²) >= 11 is 6.07. The lowest BCUT2D eigenvalue weighted by atomic mass is 10.0. The Hall–Kier alpha value is -2.57. The molecule has 0 unspecified atom stereocenters. The first-order chi connectivity index (χ1) is 14.0. The van der Waals surface area contributed by atoms with Gasteiger partial charge in [0, 0.05) is 48.9 Å². The van der Waals surface area contributed by atoms with Crippen molar-refractivity contribution in [2.45, 2.75) is 19.4 Å². The minimum atomic E-state index is -0.972. The van der Waals surface area contributed by atoms with Gasteiger partial charge in [0.25, 0.3) is 0 Å². The predicted octanol–water partition coefficient (Wildman–Crippen LogP) is 3.59. The maximum Gasteiger partial charge on any atom is 0.321 e. The zero-order chi connectivity index (χ0) is 20.8. The van der Waals surface area contributed by atoms with Crippen LogP contribution in [0.15, 0.2) is 48.5 Å². The molecule has 1 fully saturated rings. The molecule has 2 aromatic carbocycles. The number of carbonyl (C=O) groups is 2. The van der Waals surface area contributed by atoms with Crippen LogP contribution in [0.2, 0.25) is 5.02 Å². The number of halogens is 1. The van der Waals surface area contributed by atoms with Crippen LogP contribution in [0.3, 0.4) is 0 Å². The fourth-order valence-electron chi connectivity index (χ4n) is 3.53. The van der Waals surface area contributed by atoms with E-state index in [1.165, 1.54) is 0 Å². The molecule has 0 aliphatic carbocycles. The number of rotatable bonds is 8. The van der Waals surface area contributed by atoms with Crippen LogP contribution in [-0.2, 0) is 4.79 Å². The number of carbonyl (C=O) groups excluding carboxylic acids is 1. The highest BCUT2D eigenvalue weighted by atomic mass is 35.5. The molecular weight excluding hydrogens is 392 g/mol. The third-order valence-corrected chi connectivity index (χ3v) is 5.31. The molecule has 1 aliphatic rings. The van der Waals surface area contributed by atoms with Gasteiger partial charge in [0.05, 0.1) is 6.61 Å². The minimum absolute atomic E-state index is 0.0551. The monoisotopic (exact) mass is 416 g/mol. The normalized spacial score (nSPS) is 15.7. The van der Waals surface area contributed by atoms with Crippen molar-refractivity contribution in [2.75, 3.05) is 37.7 Å². The predicted molar refractivity (Wildman–Crippen MR) is 113 cm³/mol. The number of hydrogen-bond donors (Lipinski definition) is 1. The summed E-state index contributed by atoms with van der Waals surface area (Å²) in [4.78, 5) is 28.5. The second-order valence-corrected chi connectivity index (χ2v) is 7.38. The van der Waals surface area contributed by atoms with E-state index in [0.29, 0.717) is 49.1 Å². The van der Waals surface area contributed by atoms with Gasteiger partial charge in [-0.25, -0.2) is 0 Å². The molecule has 29 heavy (non-hydrogen) atoms. The Morgan fingerprint density at radius 1 is 1.10 bits per heavy atom. The number of Topliss-reactive ketones (excluding diaryl/α,β-unsaturated/α-hetero) is 1. The van der Waals surface area contributed by atoms with Crippen molar-refractivity contribution in [1.82, 2.24) is 4.90 Å². The average molecular weight is 417 g/mol. The summed E-state index contributed by atoms with van der Waals surface area (Å²) in [5, 5.41) is 10.4. The minimum Gasteiger partial charge on any atom is -0.494 e. The molecule has 2 aromatic rings. The number of nitrogens with zero attached hydrogens (tertiary/aromatic N) is 2. The summed E-state index contributed by atoms with van der Waals surface area (Å²) in [5.41, 5.74) is 1.52. The zero-order valence-electron chi connectivity index (χ0n) is 16.4. The molecule has 1 aliphatic heterocycles. The van der Waals surface area contributed by atoms with Crippen LogP contribution >= 0.6 is 11.6 Å². The van der Waals surface area contributed by atoms with Gasteiger partial charge in [-0.3, -0.25) is 14.5 Å². The van der Waals surface area contributed by atoms with Gasteiger partial charge < -0.3 is 14.7 Å². The molecule has 0 saturated carbocycles. The molecule has 0 radical (unpaired) electrons. The number of carboxylic acids is 1. The first-order valence-electron chi connectivity index (χ1n) is 9.71. The highest BCUT2D eigenvalue weighted by Crippen LogP contribution is 2.22. The van der Waals surface area contributed by atoms with Crippen molar-refractivity contribution in [1.29, 1.82) is 0 Å². The summed E-state index contributed by atoms with van der Waals surface area (Å²) in [5.74, 6) is -0.464. The number of carboxylic acid groups (broad SMARTS) is 1. The first-order valence-corrected chi connectivity index (χ1v) is 10.1. The molecule has 3 rings (SSSR count). The molecule has 1 N–H and O–H groups in total. The molecule has 0 amide bonds. The van der Waals surface area contributed by atoms with Gasteiger partial charge in [-0.1, -0.05) is 17.7 Å². The van der Waals surface area contributed by atoms with Crippen LogP contribution in [0.1, 0.15) is 23.7 Å². The van der Waals surface area contributed by atoms with Crippen molar-refractivity contribution in [3.8, 4) is 5.75 Å². The summed E-state index contributed by atoms with van der Waals surface area (Å²) in [7, 11) is 0. The standard InChI is InChI=1S/C22H25ClN2O4/c1-2-29-19-8-6-16(7-9-19)21(26)15-20(22(27)28)25-12-10-24(11-13-25)18-5-3-4-17(23)14-18/h3-9,14,20H,2,10-13,15H2,1H3,(H,27,28)/t20-/m1/s1. The third-order valence-electron chi connectivity index (χ3n) is 5.08. The lowest BCUT2D eigenvalue weighted by molar-refractivity contribution is -0.143. The maximum atomic E-state index is 12.6. The Kier molecular flexibility index (Phi) is 7.12. The molecular formula is C22H25ClN2O4. The maximum absolute atomic E-state index is 12.6. The van der Waals surface area contributed by atoms with Gasteiger partial charge in [-0.05, 0) is 49.4 Å². The number of benzene rings is 2. The smallest absolute Gasteiger partial charge is 0.321 e. The van der Waals surface area contributed by atoms with Crippen LogP contribution in [0.4, 0.5) is 5.69 Å². The second-order valence-electron chi connectivity index (χ2n) is 6.94.